The van der Waals surface area contributed by atoms with Crippen LogP contribution in [0.4, 0.5) is 5.69 Å². The Hall–Kier alpha value is -1.36. The van der Waals surface area contributed by atoms with E-state index in [0.29, 0.717) is 6.42 Å². The smallest absolute Gasteiger partial charge is 0.228 e. The molecule has 1 heterocycles. The summed E-state index contributed by atoms with van der Waals surface area (Å²) < 4.78 is 0.929. The first-order valence-corrected chi connectivity index (χ1v) is 8.79. The Labute approximate surface area is 139 Å². The van der Waals surface area contributed by atoms with Crippen molar-refractivity contribution in [3.05, 3.63) is 28.7 Å². The van der Waals surface area contributed by atoms with Gasteiger partial charge in [0.15, 0.2) is 0 Å². The molecule has 2 aliphatic rings. The summed E-state index contributed by atoms with van der Waals surface area (Å²) in [6.07, 6.45) is 5.29. The third-order valence-corrected chi connectivity index (χ3v) is 4.95. The minimum Gasteiger partial charge on any atom is -0.342 e. The fraction of sp³-hybridized carbons (Fsp3) is 0.529. The maximum atomic E-state index is 12.5. The molecular formula is C17H21BrN2O2. The van der Waals surface area contributed by atoms with Gasteiger partial charge < -0.3 is 10.2 Å². The number of hydrogen-bond acceptors (Lipinski definition) is 2. The quantitative estimate of drug-likeness (QED) is 0.892. The van der Waals surface area contributed by atoms with Gasteiger partial charge >= 0.3 is 0 Å². The molecule has 1 aliphatic heterocycles. The highest BCUT2D eigenvalue weighted by molar-refractivity contribution is 9.10. The molecule has 2 fully saturated rings. The van der Waals surface area contributed by atoms with Gasteiger partial charge in [0.1, 0.15) is 0 Å². The van der Waals surface area contributed by atoms with Crippen LogP contribution in [-0.2, 0) is 9.59 Å². The lowest BCUT2D eigenvalue weighted by molar-refractivity contribution is -0.134. The molecule has 1 N–H and O–H groups in total. The molecule has 4 nitrogen and oxygen atoms in total. The molecule has 0 radical (unpaired) electrons. The summed E-state index contributed by atoms with van der Waals surface area (Å²) in [5, 5.41) is 2.91. The average molecular weight is 365 g/mol. The number of anilines is 1. The van der Waals surface area contributed by atoms with Crippen molar-refractivity contribution in [2.45, 2.75) is 32.1 Å². The summed E-state index contributed by atoms with van der Waals surface area (Å²) in [6, 6.07) is 7.52. The lowest BCUT2D eigenvalue weighted by Gasteiger charge is -2.20. The van der Waals surface area contributed by atoms with E-state index in [9.17, 15) is 9.59 Å². The second kappa shape index (κ2) is 6.82. The van der Waals surface area contributed by atoms with Crippen molar-refractivity contribution in [3.8, 4) is 0 Å². The van der Waals surface area contributed by atoms with Crippen LogP contribution in [0.2, 0.25) is 0 Å². The van der Waals surface area contributed by atoms with Crippen molar-refractivity contribution in [3.63, 3.8) is 0 Å². The second-order valence-electron chi connectivity index (χ2n) is 6.19. The summed E-state index contributed by atoms with van der Waals surface area (Å²) in [6.45, 7) is 1.71. The molecule has 1 aliphatic carbocycles. The van der Waals surface area contributed by atoms with E-state index in [1.54, 1.807) is 0 Å². The number of benzene rings is 1. The SMILES string of the molecule is O=C(Nc1cccc(Br)c1)C1CC1C(=O)N1CCCCCC1. The number of nitrogens with one attached hydrogen (secondary N) is 1. The third-order valence-electron chi connectivity index (χ3n) is 4.45. The molecule has 3 rings (SSSR count). The summed E-state index contributed by atoms with van der Waals surface area (Å²) in [4.78, 5) is 26.7. The van der Waals surface area contributed by atoms with Gasteiger partial charge in [0, 0.05) is 23.2 Å². The van der Waals surface area contributed by atoms with Gasteiger partial charge in [0.2, 0.25) is 11.8 Å². The fourth-order valence-electron chi connectivity index (χ4n) is 3.08. The Morgan fingerprint density at radius 2 is 1.82 bits per heavy atom. The Kier molecular flexibility index (Phi) is 4.81. The maximum absolute atomic E-state index is 12.5. The molecule has 5 heteroatoms. The number of carbonyl (C=O) groups excluding carboxylic acids is 2. The predicted octanol–water partition coefficient (Wildman–Crippen LogP) is 3.43. The molecule has 1 saturated carbocycles. The average Bonchev–Trinajstić information content (AvgIpc) is 3.31. The molecule has 2 atom stereocenters. The number of likely N-dealkylation sites (tertiary alicyclic amines) is 1. The van der Waals surface area contributed by atoms with Crippen molar-refractivity contribution in [1.82, 2.24) is 4.90 Å². The fourth-order valence-corrected chi connectivity index (χ4v) is 3.48. The van der Waals surface area contributed by atoms with Crippen molar-refractivity contribution >= 4 is 33.4 Å². The number of halogens is 1. The molecule has 22 heavy (non-hydrogen) atoms. The lowest BCUT2D eigenvalue weighted by Crippen LogP contribution is -2.34. The van der Waals surface area contributed by atoms with E-state index < -0.39 is 0 Å². The summed E-state index contributed by atoms with van der Waals surface area (Å²) in [5.41, 5.74) is 0.771. The van der Waals surface area contributed by atoms with Crippen LogP contribution in [0.15, 0.2) is 28.7 Å². The summed E-state index contributed by atoms with van der Waals surface area (Å²) in [5.74, 6) is -0.123. The highest BCUT2D eigenvalue weighted by atomic mass is 79.9. The number of rotatable bonds is 3. The topological polar surface area (TPSA) is 49.4 Å². The minimum absolute atomic E-state index is 0.0359. The molecule has 118 valence electrons. The number of amides is 2. The third kappa shape index (κ3) is 3.69. The van der Waals surface area contributed by atoms with Gasteiger partial charge in [-0.2, -0.15) is 0 Å². The molecule has 1 aromatic carbocycles. The first-order valence-electron chi connectivity index (χ1n) is 8.00. The van der Waals surface area contributed by atoms with Gasteiger partial charge in [-0.3, -0.25) is 9.59 Å². The van der Waals surface area contributed by atoms with Gasteiger partial charge in [-0.15, -0.1) is 0 Å². The number of hydrogen-bond donors (Lipinski definition) is 1. The van der Waals surface area contributed by atoms with E-state index in [1.165, 1.54) is 12.8 Å². The van der Waals surface area contributed by atoms with E-state index in [4.69, 9.17) is 0 Å². The van der Waals surface area contributed by atoms with Crippen LogP contribution in [0, 0.1) is 11.8 Å². The van der Waals surface area contributed by atoms with Gasteiger partial charge in [-0.05, 0) is 37.5 Å². The molecule has 0 bridgehead atoms. The largest absolute Gasteiger partial charge is 0.342 e. The molecule has 1 aromatic rings. The van der Waals surface area contributed by atoms with E-state index in [0.717, 1.165) is 36.1 Å². The zero-order valence-corrected chi connectivity index (χ0v) is 14.1. The highest BCUT2D eigenvalue weighted by Crippen LogP contribution is 2.41. The number of nitrogens with zero attached hydrogens (tertiary/aromatic N) is 1. The van der Waals surface area contributed by atoms with Crippen molar-refractivity contribution in [1.29, 1.82) is 0 Å². The molecule has 0 aromatic heterocycles. The van der Waals surface area contributed by atoms with Crippen molar-refractivity contribution in [2.24, 2.45) is 11.8 Å². The predicted molar refractivity (Wildman–Crippen MR) is 89.4 cm³/mol. The van der Waals surface area contributed by atoms with Gasteiger partial charge in [0.25, 0.3) is 0 Å². The monoisotopic (exact) mass is 364 g/mol. The molecule has 1 saturated heterocycles. The Morgan fingerprint density at radius 3 is 2.50 bits per heavy atom. The van der Waals surface area contributed by atoms with Crippen molar-refractivity contribution in [2.75, 3.05) is 18.4 Å². The van der Waals surface area contributed by atoms with Crippen LogP contribution in [0.25, 0.3) is 0 Å². The van der Waals surface area contributed by atoms with Crippen LogP contribution in [0.1, 0.15) is 32.1 Å². The van der Waals surface area contributed by atoms with E-state index >= 15 is 0 Å². The molecule has 2 amide bonds. The molecule has 0 spiro atoms. The van der Waals surface area contributed by atoms with Crippen LogP contribution in [-0.4, -0.2) is 29.8 Å². The van der Waals surface area contributed by atoms with Crippen LogP contribution < -0.4 is 5.32 Å². The van der Waals surface area contributed by atoms with E-state index in [-0.39, 0.29) is 23.7 Å². The Balaban J connectivity index is 1.54. The van der Waals surface area contributed by atoms with Crippen LogP contribution in [0.5, 0.6) is 0 Å². The Bertz CT molecular complexity index is 568. The lowest BCUT2D eigenvalue weighted by atomic mass is 10.2. The van der Waals surface area contributed by atoms with E-state index in [1.807, 2.05) is 29.2 Å². The van der Waals surface area contributed by atoms with Gasteiger partial charge in [-0.1, -0.05) is 34.8 Å². The summed E-state index contributed by atoms with van der Waals surface area (Å²) >= 11 is 3.39. The van der Waals surface area contributed by atoms with Crippen LogP contribution >= 0.6 is 15.9 Å². The van der Waals surface area contributed by atoms with E-state index in [2.05, 4.69) is 21.2 Å². The maximum Gasteiger partial charge on any atom is 0.228 e. The summed E-state index contributed by atoms with van der Waals surface area (Å²) in [7, 11) is 0. The van der Waals surface area contributed by atoms with Crippen LogP contribution in [0.3, 0.4) is 0 Å². The normalized spacial score (nSPS) is 24.5. The molecular weight excluding hydrogens is 344 g/mol. The van der Waals surface area contributed by atoms with Gasteiger partial charge in [0.05, 0.1) is 11.8 Å². The second-order valence-corrected chi connectivity index (χ2v) is 7.10. The van der Waals surface area contributed by atoms with Gasteiger partial charge in [-0.25, -0.2) is 0 Å². The zero-order chi connectivity index (χ0) is 15.5. The number of carbonyl (C=O) groups is 2. The minimum atomic E-state index is -0.158. The first kappa shape index (κ1) is 15.5. The standard InChI is InChI=1S/C17H21BrN2O2/c18-12-6-5-7-13(10-12)19-16(21)14-11-15(14)17(22)20-8-3-1-2-4-9-20/h5-7,10,14-15H,1-4,8-9,11H2,(H,19,21). The molecule has 2 unspecified atom stereocenters. The zero-order valence-electron chi connectivity index (χ0n) is 12.6. The Morgan fingerprint density at radius 1 is 1.09 bits per heavy atom. The first-order chi connectivity index (χ1) is 10.6. The van der Waals surface area contributed by atoms with Crippen molar-refractivity contribution < 1.29 is 9.59 Å². The highest BCUT2D eigenvalue weighted by Gasteiger charge is 2.49.